The molecule has 0 aromatic heterocycles. The molecule has 1 N–H and O–H groups in total. The number of carbonyl (C=O) groups excluding carboxylic acids is 1. The van der Waals surface area contributed by atoms with Gasteiger partial charge in [-0.15, -0.1) is 0 Å². The third kappa shape index (κ3) is 4.24. The molecule has 0 aliphatic carbocycles. The number of rotatable bonds is 6. The van der Waals surface area contributed by atoms with Crippen molar-refractivity contribution < 1.29 is 4.79 Å². The molecule has 2 aliphatic heterocycles. The molecule has 2 saturated heterocycles. The van der Waals surface area contributed by atoms with Crippen LogP contribution in [-0.2, 0) is 6.54 Å². The van der Waals surface area contributed by atoms with Crippen molar-refractivity contribution in [2.45, 2.75) is 77.2 Å². The van der Waals surface area contributed by atoms with E-state index in [1.807, 2.05) is 24.1 Å². The first-order valence-corrected chi connectivity index (χ1v) is 9.84. The molecule has 2 bridgehead atoms. The minimum atomic E-state index is 0.161. The van der Waals surface area contributed by atoms with Gasteiger partial charge in [0.1, 0.15) is 0 Å². The Labute approximate surface area is 152 Å². The Bertz CT molecular complexity index is 571. The number of nitrogens with one attached hydrogen (secondary N) is 1. The molecule has 0 saturated carbocycles. The molecular weight excluding hydrogens is 310 g/mol. The van der Waals surface area contributed by atoms with E-state index in [-0.39, 0.29) is 5.91 Å². The van der Waals surface area contributed by atoms with E-state index in [0.717, 1.165) is 31.5 Å². The van der Waals surface area contributed by atoms with Gasteiger partial charge in [0.25, 0.3) is 5.91 Å². The average molecular weight is 344 g/mol. The second kappa shape index (κ2) is 7.88. The molecule has 0 radical (unpaired) electrons. The van der Waals surface area contributed by atoms with Crippen LogP contribution >= 0.6 is 0 Å². The molecule has 25 heavy (non-hydrogen) atoms. The van der Waals surface area contributed by atoms with Gasteiger partial charge in [-0.2, -0.15) is 0 Å². The zero-order valence-corrected chi connectivity index (χ0v) is 16.2. The lowest BCUT2D eigenvalue weighted by Gasteiger charge is -2.35. The standard InChI is InChI=1S/C21H33N3O/c1-5-24(15(2)3)14-16-6-8-17(9-7-16)21(25)23(4)20-12-18-10-11-19(13-20)22-18/h6-9,15,18-20,22H,5,10-14H2,1-4H3. The summed E-state index contributed by atoms with van der Waals surface area (Å²) in [7, 11) is 1.98. The van der Waals surface area contributed by atoms with Gasteiger partial charge in [-0.3, -0.25) is 9.69 Å². The normalized spacial score (nSPS) is 25.6. The van der Waals surface area contributed by atoms with E-state index >= 15 is 0 Å². The van der Waals surface area contributed by atoms with E-state index in [0.29, 0.717) is 24.2 Å². The van der Waals surface area contributed by atoms with Crippen molar-refractivity contribution in [3.05, 3.63) is 35.4 Å². The van der Waals surface area contributed by atoms with Gasteiger partial charge in [-0.1, -0.05) is 19.1 Å². The molecule has 1 amide bonds. The van der Waals surface area contributed by atoms with E-state index in [4.69, 9.17) is 0 Å². The molecule has 2 unspecified atom stereocenters. The molecule has 4 nitrogen and oxygen atoms in total. The van der Waals surface area contributed by atoms with Gasteiger partial charge in [0.2, 0.25) is 0 Å². The molecular formula is C21H33N3O. The Balaban J connectivity index is 1.62. The third-order valence-electron chi connectivity index (χ3n) is 6.04. The van der Waals surface area contributed by atoms with Crippen molar-refractivity contribution in [1.29, 1.82) is 0 Å². The smallest absolute Gasteiger partial charge is 0.253 e. The van der Waals surface area contributed by atoms with Crippen molar-refractivity contribution in [2.75, 3.05) is 13.6 Å². The molecule has 2 aliphatic rings. The minimum absolute atomic E-state index is 0.161. The summed E-state index contributed by atoms with van der Waals surface area (Å²) >= 11 is 0. The summed E-state index contributed by atoms with van der Waals surface area (Å²) < 4.78 is 0. The molecule has 138 valence electrons. The van der Waals surface area contributed by atoms with E-state index in [9.17, 15) is 4.79 Å². The lowest BCUT2D eigenvalue weighted by atomic mass is 9.98. The Hall–Kier alpha value is -1.39. The number of hydrogen-bond acceptors (Lipinski definition) is 3. The zero-order chi connectivity index (χ0) is 18.0. The maximum absolute atomic E-state index is 12.9. The number of piperidine rings is 1. The number of amides is 1. The second-order valence-corrected chi connectivity index (χ2v) is 8.03. The maximum atomic E-state index is 12.9. The van der Waals surface area contributed by atoms with Crippen LogP contribution in [0.4, 0.5) is 0 Å². The average Bonchev–Trinajstić information content (AvgIpc) is 2.96. The third-order valence-corrected chi connectivity index (χ3v) is 6.04. The monoisotopic (exact) mass is 343 g/mol. The molecule has 2 atom stereocenters. The Morgan fingerprint density at radius 2 is 1.76 bits per heavy atom. The minimum Gasteiger partial charge on any atom is -0.339 e. The van der Waals surface area contributed by atoms with Crippen molar-refractivity contribution in [3.8, 4) is 0 Å². The largest absolute Gasteiger partial charge is 0.339 e. The molecule has 1 aromatic rings. The highest BCUT2D eigenvalue weighted by Crippen LogP contribution is 2.29. The van der Waals surface area contributed by atoms with Gasteiger partial charge in [0.05, 0.1) is 0 Å². The number of hydrogen-bond donors (Lipinski definition) is 1. The SMILES string of the molecule is CCN(Cc1ccc(C(=O)N(C)C2CC3CCC(C2)N3)cc1)C(C)C. The van der Waals surface area contributed by atoms with Crippen LogP contribution in [0.3, 0.4) is 0 Å². The van der Waals surface area contributed by atoms with Crippen LogP contribution in [0.2, 0.25) is 0 Å². The van der Waals surface area contributed by atoms with Crippen molar-refractivity contribution in [2.24, 2.45) is 0 Å². The number of fused-ring (bicyclic) bond motifs is 2. The molecule has 4 heteroatoms. The fourth-order valence-electron chi connectivity index (χ4n) is 4.36. The molecule has 0 spiro atoms. The predicted octanol–water partition coefficient (Wildman–Crippen LogP) is 3.27. The highest BCUT2D eigenvalue weighted by Gasteiger charge is 2.36. The van der Waals surface area contributed by atoms with Crippen molar-refractivity contribution in [3.63, 3.8) is 0 Å². The van der Waals surface area contributed by atoms with E-state index in [2.05, 4.69) is 43.1 Å². The first-order valence-electron chi connectivity index (χ1n) is 9.84. The van der Waals surface area contributed by atoms with Crippen LogP contribution < -0.4 is 5.32 Å². The Morgan fingerprint density at radius 1 is 1.16 bits per heavy atom. The highest BCUT2D eigenvalue weighted by molar-refractivity contribution is 5.94. The zero-order valence-electron chi connectivity index (χ0n) is 16.2. The summed E-state index contributed by atoms with van der Waals surface area (Å²) in [4.78, 5) is 17.3. The first kappa shape index (κ1) is 18.4. The molecule has 2 fully saturated rings. The summed E-state index contributed by atoms with van der Waals surface area (Å²) in [6.07, 6.45) is 4.72. The van der Waals surface area contributed by atoms with Gasteiger partial charge < -0.3 is 10.2 Å². The Kier molecular flexibility index (Phi) is 5.80. The Morgan fingerprint density at radius 3 is 2.28 bits per heavy atom. The number of carbonyl (C=O) groups is 1. The van der Waals surface area contributed by atoms with Crippen LogP contribution in [-0.4, -0.2) is 53.5 Å². The summed E-state index contributed by atoms with van der Waals surface area (Å²) in [6.45, 7) is 8.62. The van der Waals surface area contributed by atoms with E-state index in [1.165, 1.54) is 18.4 Å². The van der Waals surface area contributed by atoms with Crippen molar-refractivity contribution in [1.82, 2.24) is 15.1 Å². The predicted molar refractivity (Wildman–Crippen MR) is 103 cm³/mol. The quantitative estimate of drug-likeness (QED) is 0.861. The van der Waals surface area contributed by atoms with Crippen molar-refractivity contribution >= 4 is 5.91 Å². The van der Waals surface area contributed by atoms with Crippen LogP contribution in [0.15, 0.2) is 24.3 Å². The summed E-state index contributed by atoms with van der Waals surface area (Å²) in [5.41, 5.74) is 2.08. The number of nitrogens with zero attached hydrogens (tertiary/aromatic N) is 2. The van der Waals surface area contributed by atoms with Gasteiger partial charge in [-0.05, 0) is 63.8 Å². The highest BCUT2D eigenvalue weighted by atomic mass is 16.2. The number of benzene rings is 1. The van der Waals surface area contributed by atoms with E-state index in [1.54, 1.807) is 0 Å². The molecule has 2 heterocycles. The van der Waals surface area contributed by atoms with Crippen LogP contribution in [0.5, 0.6) is 0 Å². The first-order chi connectivity index (χ1) is 12.0. The second-order valence-electron chi connectivity index (χ2n) is 8.03. The summed E-state index contributed by atoms with van der Waals surface area (Å²) in [5.74, 6) is 0.161. The molecule has 1 aromatic carbocycles. The fraction of sp³-hybridized carbons (Fsp3) is 0.667. The van der Waals surface area contributed by atoms with Gasteiger partial charge >= 0.3 is 0 Å². The maximum Gasteiger partial charge on any atom is 0.253 e. The summed E-state index contributed by atoms with van der Waals surface area (Å²) in [5, 5.41) is 3.65. The van der Waals surface area contributed by atoms with Crippen LogP contribution in [0, 0.1) is 0 Å². The van der Waals surface area contributed by atoms with Crippen LogP contribution in [0.25, 0.3) is 0 Å². The fourth-order valence-corrected chi connectivity index (χ4v) is 4.36. The van der Waals surface area contributed by atoms with Gasteiger partial charge in [0, 0.05) is 43.3 Å². The van der Waals surface area contributed by atoms with Gasteiger partial charge in [-0.25, -0.2) is 0 Å². The van der Waals surface area contributed by atoms with Gasteiger partial charge in [0.15, 0.2) is 0 Å². The lowest BCUT2D eigenvalue weighted by molar-refractivity contribution is 0.0681. The van der Waals surface area contributed by atoms with E-state index < -0.39 is 0 Å². The topological polar surface area (TPSA) is 35.6 Å². The van der Waals surface area contributed by atoms with Crippen LogP contribution in [0.1, 0.15) is 62.4 Å². The molecule has 3 rings (SSSR count). The summed E-state index contributed by atoms with van der Waals surface area (Å²) in [6, 6.07) is 10.3. The lowest BCUT2D eigenvalue weighted by Crippen LogP contribution is -2.48.